The predicted molar refractivity (Wildman–Crippen MR) is 121 cm³/mol. The van der Waals surface area contributed by atoms with E-state index in [4.69, 9.17) is 37.8 Å². The van der Waals surface area contributed by atoms with Crippen molar-refractivity contribution in [2.24, 2.45) is 0 Å². The molecular formula is C22H21Cl2NO5S. The molecule has 0 radical (unpaired) electrons. The molecule has 31 heavy (non-hydrogen) atoms. The minimum absolute atomic E-state index is 0.0717. The third-order valence-electron chi connectivity index (χ3n) is 4.45. The van der Waals surface area contributed by atoms with Crippen molar-refractivity contribution in [1.82, 2.24) is 4.90 Å². The van der Waals surface area contributed by atoms with Gasteiger partial charge in [0.1, 0.15) is 5.75 Å². The summed E-state index contributed by atoms with van der Waals surface area (Å²) in [7, 11) is 0. The Hall–Kier alpha value is -2.19. The van der Waals surface area contributed by atoms with Gasteiger partial charge in [-0.15, -0.1) is 0 Å². The molecule has 1 aliphatic rings. The SMILES string of the molecule is O=C(O)CCOc1ccccc1Sc1ccc(/C=C/C(=O)N2CCOCC2)c(Cl)c1Cl. The van der Waals surface area contributed by atoms with Crippen LogP contribution in [0, 0.1) is 0 Å². The largest absolute Gasteiger partial charge is 0.492 e. The molecule has 1 amide bonds. The summed E-state index contributed by atoms with van der Waals surface area (Å²) in [5.74, 6) is -0.446. The van der Waals surface area contributed by atoms with Gasteiger partial charge in [0.2, 0.25) is 5.91 Å². The van der Waals surface area contributed by atoms with Gasteiger partial charge in [-0.1, -0.05) is 53.2 Å². The molecule has 0 aromatic heterocycles. The molecule has 1 heterocycles. The van der Waals surface area contributed by atoms with E-state index in [-0.39, 0.29) is 18.9 Å². The van der Waals surface area contributed by atoms with E-state index in [2.05, 4.69) is 0 Å². The molecular weight excluding hydrogens is 461 g/mol. The van der Waals surface area contributed by atoms with Crippen molar-refractivity contribution in [3.05, 3.63) is 58.1 Å². The van der Waals surface area contributed by atoms with E-state index in [1.165, 1.54) is 17.8 Å². The Balaban J connectivity index is 1.72. The molecule has 1 saturated heterocycles. The topological polar surface area (TPSA) is 76.1 Å². The molecule has 164 valence electrons. The summed E-state index contributed by atoms with van der Waals surface area (Å²) in [5, 5.41) is 9.51. The Morgan fingerprint density at radius 3 is 2.58 bits per heavy atom. The summed E-state index contributed by atoms with van der Waals surface area (Å²) in [6.07, 6.45) is 3.06. The number of aliphatic carboxylic acids is 1. The lowest BCUT2D eigenvalue weighted by atomic mass is 10.2. The first-order valence-electron chi connectivity index (χ1n) is 9.60. The Labute approximate surface area is 194 Å². The average Bonchev–Trinajstić information content (AvgIpc) is 2.77. The fourth-order valence-electron chi connectivity index (χ4n) is 2.82. The zero-order chi connectivity index (χ0) is 22.2. The third-order valence-corrected chi connectivity index (χ3v) is 6.57. The average molecular weight is 482 g/mol. The van der Waals surface area contributed by atoms with Gasteiger partial charge in [0.15, 0.2) is 0 Å². The maximum absolute atomic E-state index is 12.3. The first-order chi connectivity index (χ1) is 15.0. The van der Waals surface area contributed by atoms with Crippen molar-refractivity contribution in [3.8, 4) is 5.75 Å². The highest BCUT2D eigenvalue weighted by atomic mass is 35.5. The molecule has 9 heteroatoms. The van der Waals surface area contributed by atoms with E-state index in [0.29, 0.717) is 47.7 Å². The number of carboxylic acid groups (broad SMARTS) is 1. The molecule has 0 aliphatic carbocycles. The smallest absolute Gasteiger partial charge is 0.306 e. The highest BCUT2D eigenvalue weighted by Crippen LogP contribution is 2.42. The zero-order valence-corrected chi connectivity index (χ0v) is 18.9. The highest BCUT2D eigenvalue weighted by Gasteiger charge is 2.16. The summed E-state index contributed by atoms with van der Waals surface area (Å²) in [6, 6.07) is 10.9. The molecule has 0 saturated carbocycles. The second-order valence-corrected chi connectivity index (χ2v) is 8.43. The van der Waals surface area contributed by atoms with E-state index in [1.807, 2.05) is 24.3 Å². The number of hydrogen-bond donors (Lipinski definition) is 1. The molecule has 1 aliphatic heterocycles. The number of halogens is 2. The van der Waals surface area contributed by atoms with Crippen LogP contribution in [0.4, 0.5) is 0 Å². The number of amides is 1. The molecule has 3 rings (SSSR count). The Morgan fingerprint density at radius 1 is 1.10 bits per heavy atom. The first-order valence-corrected chi connectivity index (χ1v) is 11.2. The molecule has 1 N–H and O–H groups in total. The first kappa shape index (κ1) is 23.5. The van der Waals surface area contributed by atoms with Gasteiger partial charge in [0.05, 0.1) is 41.2 Å². The lowest BCUT2D eigenvalue weighted by Gasteiger charge is -2.25. The highest BCUT2D eigenvalue weighted by molar-refractivity contribution is 7.99. The van der Waals surface area contributed by atoms with E-state index >= 15 is 0 Å². The number of rotatable bonds is 8. The van der Waals surface area contributed by atoms with Crippen molar-refractivity contribution in [1.29, 1.82) is 0 Å². The van der Waals surface area contributed by atoms with Gasteiger partial charge in [0, 0.05) is 24.1 Å². The number of carbonyl (C=O) groups excluding carboxylic acids is 1. The maximum Gasteiger partial charge on any atom is 0.306 e. The monoisotopic (exact) mass is 481 g/mol. The lowest BCUT2D eigenvalue weighted by molar-refractivity contribution is -0.137. The van der Waals surface area contributed by atoms with Crippen molar-refractivity contribution in [2.45, 2.75) is 16.2 Å². The summed E-state index contributed by atoms with van der Waals surface area (Å²) in [6.45, 7) is 2.30. The number of para-hydroxylation sites is 1. The van der Waals surface area contributed by atoms with Crippen molar-refractivity contribution < 1.29 is 24.2 Å². The molecule has 1 fully saturated rings. The predicted octanol–water partition coefficient (Wildman–Crippen LogP) is 4.87. The van der Waals surface area contributed by atoms with E-state index in [0.717, 1.165) is 9.79 Å². The van der Waals surface area contributed by atoms with Crippen LogP contribution in [-0.2, 0) is 14.3 Å². The Kier molecular flexibility index (Phi) is 8.66. The molecule has 0 bridgehead atoms. The van der Waals surface area contributed by atoms with E-state index in [9.17, 15) is 9.59 Å². The summed E-state index contributed by atoms with van der Waals surface area (Å²) in [5.41, 5.74) is 0.642. The number of nitrogens with zero attached hydrogens (tertiary/aromatic N) is 1. The van der Waals surface area contributed by atoms with Crippen LogP contribution in [0.15, 0.2) is 52.3 Å². The second kappa shape index (κ2) is 11.4. The minimum Gasteiger partial charge on any atom is -0.492 e. The molecule has 2 aromatic rings. The van der Waals surface area contributed by atoms with Crippen molar-refractivity contribution in [2.75, 3.05) is 32.9 Å². The lowest BCUT2D eigenvalue weighted by Crippen LogP contribution is -2.39. The van der Waals surface area contributed by atoms with Crippen LogP contribution in [0.25, 0.3) is 6.08 Å². The van der Waals surface area contributed by atoms with Gasteiger partial charge >= 0.3 is 5.97 Å². The number of benzene rings is 2. The van der Waals surface area contributed by atoms with Gasteiger partial charge in [-0.3, -0.25) is 9.59 Å². The zero-order valence-electron chi connectivity index (χ0n) is 16.6. The van der Waals surface area contributed by atoms with Crippen molar-refractivity contribution >= 4 is 52.9 Å². The number of morpholine rings is 1. The molecule has 6 nitrogen and oxygen atoms in total. The van der Waals surface area contributed by atoms with Crippen LogP contribution in [0.2, 0.25) is 10.0 Å². The summed E-state index contributed by atoms with van der Waals surface area (Å²) >= 11 is 14.3. The van der Waals surface area contributed by atoms with Crippen LogP contribution in [0.3, 0.4) is 0 Å². The summed E-state index contributed by atoms with van der Waals surface area (Å²) in [4.78, 5) is 26.2. The van der Waals surface area contributed by atoms with Gasteiger partial charge in [-0.05, 0) is 29.8 Å². The van der Waals surface area contributed by atoms with Crippen LogP contribution in [-0.4, -0.2) is 54.8 Å². The Bertz CT molecular complexity index is 976. The van der Waals surface area contributed by atoms with Crippen molar-refractivity contribution in [3.63, 3.8) is 0 Å². The molecule has 0 atom stereocenters. The quantitative estimate of drug-likeness (QED) is 0.541. The Morgan fingerprint density at radius 2 is 1.84 bits per heavy atom. The van der Waals surface area contributed by atoms with Gasteiger partial charge < -0.3 is 19.5 Å². The second-order valence-electron chi connectivity index (χ2n) is 6.59. The third kappa shape index (κ3) is 6.64. The van der Waals surface area contributed by atoms with Crippen LogP contribution < -0.4 is 4.74 Å². The van der Waals surface area contributed by atoms with E-state index in [1.54, 1.807) is 23.1 Å². The maximum atomic E-state index is 12.3. The number of hydrogen-bond acceptors (Lipinski definition) is 5. The van der Waals surface area contributed by atoms with Gasteiger partial charge in [-0.25, -0.2) is 0 Å². The fraction of sp³-hybridized carbons (Fsp3) is 0.273. The minimum atomic E-state index is -0.921. The summed E-state index contributed by atoms with van der Waals surface area (Å²) < 4.78 is 10.9. The number of ether oxygens (including phenoxy) is 2. The molecule has 0 spiro atoms. The molecule has 2 aromatic carbocycles. The molecule has 0 unspecified atom stereocenters. The van der Waals surface area contributed by atoms with Crippen LogP contribution >= 0.6 is 35.0 Å². The van der Waals surface area contributed by atoms with Gasteiger partial charge in [-0.2, -0.15) is 0 Å². The van der Waals surface area contributed by atoms with Crippen LogP contribution in [0.1, 0.15) is 12.0 Å². The normalized spacial score (nSPS) is 14.1. The van der Waals surface area contributed by atoms with Gasteiger partial charge in [0.25, 0.3) is 0 Å². The standard InChI is InChI=1S/C22H21Cl2NO5S/c23-21-15(6-8-19(26)25-10-13-29-14-11-25)5-7-18(22(21)24)31-17-4-2-1-3-16(17)30-12-9-20(27)28/h1-8H,9-14H2,(H,27,28)/b8-6+. The van der Waals surface area contributed by atoms with E-state index < -0.39 is 5.97 Å². The number of carboxylic acids is 1. The number of carbonyl (C=O) groups is 2. The van der Waals surface area contributed by atoms with Crippen LogP contribution in [0.5, 0.6) is 5.75 Å². The fourth-order valence-corrected chi connectivity index (χ4v) is 4.34.